The summed E-state index contributed by atoms with van der Waals surface area (Å²) in [5.74, 6) is -0.137. The summed E-state index contributed by atoms with van der Waals surface area (Å²) in [6, 6.07) is 9.11. The van der Waals surface area contributed by atoms with Crippen molar-refractivity contribution in [2.24, 2.45) is 4.99 Å². The van der Waals surface area contributed by atoms with Gasteiger partial charge >= 0.3 is 12.6 Å². The second-order valence-electron chi connectivity index (χ2n) is 5.45. The van der Waals surface area contributed by atoms with Crippen LogP contribution in [-0.4, -0.2) is 25.3 Å². The lowest BCUT2D eigenvalue weighted by molar-refractivity contribution is -0.129. The van der Waals surface area contributed by atoms with Crippen molar-refractivity contribution in [1.29, 1.82) is 0 Å². The highest BCUT2D eigenvalue weighted by molar-refractivity contribution is 6.32. The molecule has 0 aliphatic carbocycles. The topological polar surface area (TPSA) is 66.4 Å². The Balaban J connectivity index is 1.68. The molecule has 0 bridgehead atoms. The van der Waals surface area contributed by atoms with Crippen LogP contribution < -0.4 is 14.2 Å². The molecule has 0 aromatic heterocycles. The standard InChI is InChI=1S/C18H10ClF2NO5/c19-11-5-9(7-14-15(11)25-8-24-14)6-12-17(23)27-16(22-12)10-3-1-2-4-13(10)26-18(20)21/h1-7,18H,8H2/b12-6-. The van der Waals surface area contributed by atoms with Crippen LogP contribution in [0.2, 0.25) is 5.02 Å². The first-order valence-electron chi connectivity index (χ1n) is 7.67. The third-order valence-electron chi connectivity index (χ3n) is 3.71. The Bertz CT molecular complexity index is 990. The second kappa shape index (κ2) is 6.88. The number of cyclic esters (lactones) is 1. The molecule has 0 spiro atoms. The fourth-order valence-electron chi connectivity index (χ4n) is 2.59. The van der Waals surface area contributed by atoms with Crippen molar-refractivity contribution in [2.45, 2.75) is 6.61 Å². The number of fused-ring (bicyclic) bond motifs is 1. The minimum Gasteiger partial charge on any atom is -0.454 e. The van der Waals surface area contributed by atoms with E-state index in [0.717, 1.165) is 0 Å². The summed E-state index contributed by atoms with van der Waals surface area (Å²) in [4.78, 5) is 16.2. The molecule has 2 heterocycles. The minimum atomic E-state index is -3.02. The highest BCUT2D eigenvalue weighted by Gasteiger charge is 2.27. The Morgan fingerprint density at radius 3 is 2.85 bits per heavy atom. The van der Waals surface area contributed by atoms with E-state index < -0.39 is 12.6 Å². The fourth-order valence-corrected chi connectivity index (χ4v) is 2.87. The number of ether oxygens (including phenoxy) is 4. The van der Waals surface area contributed by atoms with Gasteiger partial charge in [0.05, 0.1) is 10.6 Å². The normalized spacial score (nSPS) is 16.7. The monoisotopic (exact) mass is 393 g/mol. The maximum Gasteiger partial charge on any atom is 0.387 e. The lowest BCUT2D eigenvalue weighted by Crippen LogP contribution is -2.10. The Morgan fingerprint density at radius 1 is 1.22 bits per heavy atom. The molecule has 0 atom stereocenters. The largest absolute Gasteiger partial charge is 0.454 e. The summed E-state index contributed by atoms with van der Waals surface area (Å²) in [6.07, 6.45) is 1.44. The van der Waals surface area contributed by atoms with E-state index in [2.05, 4.69) is 9.73 Å². The highest BCUT2D eigenvalue weighted by atomic mass is 35.5. The van der Waals surface area contributed by atoms with Gasteiger partial charge in [0.2, 0.25) is 12.7 Å². The van der Waals surface area contributed by atoms with Crippen molar-refractivity contribution in [1.82, 2.24) is 0 Å². The van der Waals surface area contributed by atoms with E-state index in [1.54, 1.807) is 18.2 Å². The molecule has 2 aromatic carbocycles. The van der Waals surface area contributed by atoms with Crippen LogP contribution in [0.1, 0.15) is 11.1 Å². The van der Waals surface area contributed by atoms with Gasteiger partial charge in [-0.05, 0) is 35.9 Å². The average molecular weight is 394 g/mol. The molecule has 2 aromatic rings. The Labute approximate surface area is 156 Å². The molecule has 0 fully saturated rings. The molecule has 0 radical (unpaired) electrons. The quantitative estimate of drug-likeness (QED) is 0.580. The number of para-hydroxylation sites is 1. The zero-order chi connectivity index (χ0) is 19.0. The van der Waals surface area contributed by atoms with Crippen LogP contribution in [0.4, 0.5) is 8.78 Å². The number of nitrogens with zero attached hydrogens (tertiary/aromatic N) is 1. The van der Waals surface area contributed by atoms with Crippen LogP contribution in [0.3, 0.4) is 0 Å². The minimum absolute atomic E-state index is 0.0215. The van der Waals surface area contributed by atoms with Gasteiger partial charge in [-0.2, -0.15) is 8.78 Å². The fraction of sp³-hybridized carbons (Fsp3) is 0.111. The SMILES string of the molecule is O=C1OC(c2ccccc2OC(F)F)=N/C1=C\c1cc(Cl)c2c(c1)OCO2. The van der Waals surface area contributed by atoms with Gasteiger partial charge in [0.15, 0.2) is 17.2 Å². The van der Waals surface area contributed by atoms with Crippen molar-refractivity contribution in [2.75, 3.05) is 6.79 Å². The zero-order valence-electron chi connectivity index (χ0n) is 13.4. The van der Waals surface area contributed by atoms with Crippen molar-refractivity contribution in [3.05, 3.63) is 58.2 Å². The molecule has 0 saturated heterocycles. The Hall–Kier alpha value is -3.13. The van der Waals surface area contributed by atoms with Gasteiger partial charge < -0.3 is 18.9 Å². The smallest absolute Gasteiger partial charge is 0.387 e. The van der Waals surface area contributed by atoms with Gasteiger partial charge in [0.25, 0.3) is 0 Å². The van der Waals surface area contributed by atoms with Crippen LogP contribution in [0.5, 0.6) is 17.2 Å². The lowest BCUT2D eigenvalue weighted by atomic mass is 10.1. The van der Waals surface area contributed by atoms with Gasteiger partial charge in [0, 0.05) is 0 Å². The van der Waals surface area contributed by atoms with E-state index >= 15 is 0 Å². The van der Waals surface area contributed by atoms with Gasteiger partial charge in [-0.15, -0.1) is 0 Å². The summed E-state index contributed by atoms with van der Waals surface area (Å²) in [7, 11) is 0. The molecular formula is C18H10ClF2NO5. The first kappa shape index (κ1) is 17.3. The number of benzene rings is 2. The number of rotatable bonds is 4. The van der Waals surface area contributed by atoms with E-state index in [1.165, 1.54) is 24.3 Å². The molecule has 2 aliphatic rings. The lowest BCUT2D eigenvalue weighted by Gasteiger charge is -2.08. The van der Waals surface area contributed by atoms with Gasteiger partial charge in [-0.1, -0.05) is 23.7 Å². The molecule has 138 valence electrons. The molecule has 2 aliphatic heterocycles. The van der Waals surface area contributed by atoms with Crippen molar-refractivity contribution < 1.29 is 32.5 Å². The van der Waals surface area contributed by atoms with Crippen LogP contribution in [0.25, 0.3) is 6.08 Å². The summed E-state index contributed by atoms with van der Waals surface area (Å²) in [6.45, 7) is -2.96. The molecule has 6 nitrogen and oxygen atoms in total. The number of esters is 1. The first-order chi connectivity index (χ1) is 13.0. The summed E-state index contributed by atoms with van der Waals surface area (Å²) in [5, 5.41) is 0.322. The molecular weight excluding hydrogens is 384 g/mol. The second-order valence-corrected chi connectivity index (χ2v) is 5.85. The van der Waals surface area contributed by atoms with Crippen molar-refractivity contribution >= 4 is 29.5 Å². The van der Waals surface area contributed by atoms with Crippen LogP contribution in [-0.2, 0) is 9.53 Å². The third kappa shape index (κ3) is 3.43. The maximum absolute atomic E-state index is 12.6. The number of aliphatic imine (C=N–C) groups is 1. The highest BCUT2D eigenvalue weighted by Crippen LogP contribution is 2.40. The predicted molar refractivity (Wildman–Crippen MR) is 91.3 cm³/mol. The number of carbonyl (C=O) groups excluding carboxylic acids is 1. The number of hydrogen-bond donors (Lipinski definition) is 0. The van der Waals surface area contributed by atoms with Gasteiger partial charge in [-0.3, -0.25) is 0 Å². The molecule has 27 heavy (non-hydrogen) atoms. The number of halogens is 3. The van der Waals surface area contributed by atoms with E-state index in [4.69, 9.17) is 25.8 Å². The summed E-state index contributed by atoms with van der Waals surface area (Å²) >= 11 is 6.12. The van der Waals surface area contributed by atoms with E-state index in [0.29, 0.717) is 22.1 Å². The summed E-state index contributed by atoms with van der Waals surface area (Å²) < 4.78 is 45.2. The third-order valence-corrected chi connectivity index (χ3v) is 3.99. The maximum atomic E-state index is 12.6. The molecule has 9 heteroatoms. The number of carbonyl (C=O) groups is 1. The molecule has 0 saturated carbocycles. The number of hydrogen-bond acceptors (Lipinski definition) is 6. The molecule has 0 N–H and O–H groups in total. The van der Waals surface area contributed by atoms with E-state index in [9.17, 15) is 13.6 Å². The molecule has 4 rings (SSSR count). The van der Waals surface area contributed by atoms with Crippen LogP contribution >= 0.6 is 11.6 Å². The average Bonchev–Trinajstić information content (AvgIpc) is 3.22. The van der Waals surface area contributed by atoms with E-state index in [1.807, 2.05) is 0 Å². The van der Waals surface area contributed by atoms with Crippen LogP contribution in [0, 0.1) is 0 Å². The Kier molecular flexibility index (Phi) is 4.41. The van der Waals surface area contributed by atoms with Crippen LogP contribution in [0.15, 0.2) is 47.1 Å². The Morgan fingerprint density at radius 2 is 2.04 bits per heavy atom. The van der Waals surface area contributed by atoms with Crippen molar-refractivity contribution in [3.63, 3.8) is 0 Å². The predicted octanol–water partition coefficient (Wildman–Crippen LogP) is 4.01. The summed E-state index contributed by atoms with van der Waals surface area (Å²) in [5.41, 5.74) is 0.656. The molecule has 0 unspecified atom stereocenters. The van der Waals surface area contributed by atoms with E-state index in [-0.39, 0.29) is 29.7 Å². The number of alkyl halides is 2. The van der Waals surface area contributed by atoms with Crippen molar-refractivity contribution in [3.8, 4) is 17.2 Å². The molecule has 0 amide bonds. The zero-order valence-corrected chi connectivity index (χ0v) is 14.2. The van der Waals surface area contributed by atoms with Gasteiger partial charge in [0.1, 0.15) is 5.75 Å². The first-order valence-corrected chi connectivity index (χ1v) is 8.05. The van der Waals surface area contributed by atoms with Gasteiger partial charge in [-0.25, -0.2) is 9.79 Å².